The van der Waals surface area contributed by atoms with Gasteiger partial charge in [-0.3, -0.25) is 0 Å². The van der Waals surface area contributed by atoms with E-state index in [1.54, 1.807) is 19.2 Å². The fourth-order valence-corrected chi connectivity index (χ4v) is 1.93. The molecular formula is C13H11BrCl2N2O2. The molecule has 106 valence electrons. The molecule has 2 rings (SSSR count). The van der Waals surface area contributed by atoms with E-state index in [4.69, 9.17) is 28.3 Å². The minimum absolute atomic E-state index is 0.0504. The van der Waals surface area contributed by atoms with Crippen LogP contribution in [0.2, 0.25) is 10.0 Å². The largest absolute Gasteiger partial charge is 0.477 e. The van der Waals surface area contributed by atoms with Crippen molar-refractivity contribution in [3.05, 3.63) is 56.0 Å². The van der Waals surface area contributed by atoms with Crippen molar-refractivity contribution in [3.8, 4) is 0 Å². The summed E-state index contributed by atoms with van der Waals surface area (Å²) in [4.78, 5) is 18.0. The van der Waals surface area contributed by atoms with Crippen molar-refractivity contribution >= 4 is 45.1 Å². The first-order chi connectivity index (χ1) is 9.31. The van der Waals surface area contributed by atoms with Crippen molar-refractivity contribution < 1.29 is 9.90 Å². The summed E-state index contributed by atoms with van der Waals surface area (Å²) >= 11 is 14.5. The lowest BCUT2D eigenvalue weighted by molar-refractivity contribution is 0.0689. The van der Waals surface area contributed by atoms with Crippen molar-refractivity contribution in [1.29, 1.82) is 0 Å². The van der Waals surface area contributed by atoms with E-state index < -0.39 is 5.97 Å². The third kappa shape index (κ3) is 5.07. The van der Waals surface area contributed by atoms with Crippen LogP contribution in [0.15, 0.2) is 29.1 Å². The predicted molar refractivity (Wildman–Crippen MR) is 82.6 cm³/mol. The third-order valence-corrected chi connectivity index (χ3v) is 3.47. The van der Waals surface area contributed by atoms with Crippen LogP contribution in [0.4, 0.5) is 0 Å². The lowest BCUT2D eigenvalue weighted by Crippen LogP contribution is -2.02. The molecule has 1 N–H and O–H groups in total. The van der Waals surface area contributed by atoms with Crippen LogP contribution in [0, 0.1) is 13.8 Å². The second kappa shape index (κ2) is 7.57. The molecule has 7 heteroatoms. The molecule has 2 heterocycles. The van der Waals surface area contributed by atoms with Crippen LogP contribution in [0.5, 0.6) is 0 Å². The maximum atomic E-state index is 10.4. The van der Waals surface area contributed by atoms with Gasteiger partial charge in [0, 0.05) is 12.4 Å². The predicted octanol–water partition coefficient (Wildman–Crippen LogP) is 4.55. The van der Waals surface area contributed by atoms with E-state index in [2.05, 4.69) is 25.9 Å². The van der Waals surface area contributed by atoms with E-state index in [0.29, 0.717) is 15.6 Å². The van der Waals surface area contributed by atoms with Crippen LogP contribution < -0.4 is 0 Å². The van der Waals surface area contributed by atoms with Crippen LogP contribution in [0.3, 0.4) is 0 Å². The quantitative estimate of drug-likeness (QED) is 0.740. The minimum Gasteiger partial charge on any atom is -0.477 e. The molecular weight excluding hydrogens is 367 g/mol. The topological polar surface area (TPSA) is 63.1 Å². The molecule has 0 amide bonds. The van der Waals surface area contributed by atoms with Crippen LogP contribution in [0.1, 0.15) is 21.6 Å². The van der Waals surface area contributed by atoms with Crippen molar-refractivity contribution in [2.24, 2.45) is 0 Å². The first-order valence-electron chi connectivity index (χ1n) is 5.44. The number of pyridine rings is 2. The Morgan fingerprint density at radius 1 is 1.10 bits per heavy atom. The average molecular weight is 378 g/mol. The summed E-state index contributed by atoms with van der Waals surface area (Å²) in [5.41, 5.74) is 1.68. The standard InChI is InChI=1S/C7H6ClNO2.C6H5BrClN/c1-4-2-5(8)3-9-6(4)7(10)11;1-4-2-5(8)3-9-6(4)7/h2-3H,1H3,(H,10,11);2-3H,1H3. The van der Waals surface area contributed by atoms with E-state index in [-0.39, 0.29) is 5.69 Å². The number of aryl methyl sites for hydroxylation is 2. The molecule has 2 aromatic rings. The lowest BCUT2D eigenvalue weighted by atomic mass is 10.2. The Kier molecular flexibility index (Phi) is 6.39. The summed E-state index contributed by atoms with van der Waals surface area (Å²) in [7, 11) is 0. The third-order valence-electron chi connectivity index (χ3n) is 2.23. The summed E-state index contributed by atoms with van der Waals surface area (Å²) in [5, 5.41) is 9.68. The number of carboxylic acid groups (broad SMARTS) is 1. The molecule has 0 saturated carbocycles. The molecule has 0 aliphatic rings. The number of aromatic nitrogens is 2. The molecule has 0 aromatic carbocycles. The highest BCUT2D eigenvalue weighted by Crippen LogP contribution is 2.16. The van der Waals surface area contributed by atoms with E-state index in [1.807, 2.05) is 13.0 Å². The Bertz CT molecular complexity index is 636. The number of nitrogens with zero attached hydrogens (tertiary/aromatic N) is 2. The SMILES string of the molecule is Cc1cc(Cl)cnc1Br.Cc1cc(Cl)cnc1C(=O)O. The van der Waals surface area contributed by atoms with Gasteiger partial charge in [0.15, 0.2) is 5.69 Å². The number of halogens is 3. The maximum Gasteiger partial charge on any atom is 0.354 e. The van der Waals surface area contributed by atoms with Gasteiger partial charge in [-0.1, -0.05) is 23.2 Å². The number of carboxylic acids is 1. The van der Waals surface area contributed by atoms with Gasteiger partial charge in [-0.05, 0) is 53.0 Å². The number of hydrogen-bond acceptors (Lipinski definition) is 3. The molecule has 0 radical (unpaired) electrons. The average Bonchev–Trinajstić information content (AvgIpc) is 2.34. The first-order valence-corrected chi connectivity index (χ1v) is 6.99. The fourth-order valence-electron chi connectivity index (χ4n) is 1.29. The highest BCUT2D eigenvalue weighted by Gasteiger charge is 2.07. The van der Waals surface area contributed by atoms with Gasteiger partial charge in [0.1, 0.15) is 4.60 Å². The number of rotatable bonds is 1. The Morgan fingerprint density at radius 3 is 2.00 bits per heavy atom. The zero-order chi connectivity index (χ0) is 15.3. The highest BCUT2D eigenvalue weighted by molar-refractivity contribution is 9.10. The van der Waals surface area contributed by atoms with Gasteiger partial charge in [0.25, 0.3) is 0 Å². The van der Waals surface area contributed by atoms with Gasteiger partial charge in [-0.2, -0.15) is 0 Å². The molecule has 0 saturated heterocycles. The molecule has 0 unspecified atom stereocenters. The molecule has 0 aliphatic carbocycles. The summed E-state index contributed by atoms with van der Waals surface area (Å²) in [6, 6.07) is 3.43. The van der Waals surface area contributed by atoms with E-state index in [0.717, 1.165) is 10.2 Å². The van der Waals surface area contributed by atoms with Gasteiger partial charge in [0.05, 0.1) is 10.0 Å². The summed E-state index contributed by atoms with van der Waals surface area (Å²) in [6.07, 6.45) is 2.93. The van der Waals surface area contributed by atoms with Crippen molar-refractivity contribution in [1.82, 2.24) is 9.97 Å². The van der Waals surface area contributed by atoms with E-state index in [1.165, 1.54) is 6.20 Å². The highest BCUT2D eigenvalue weighted by atomic mass is 79.9. The molecule has 2 aromatic heterocycles. The molecule has 4 nitrogen and oxygen atoms in total. The van der Waals surface area contributed by atoms with Gasteiger partial charge in [0.2, 0.25) is 0 Å². The lowest BCUT2D eigenvalue weighted by Gasteiger charge is -1.97. The van der Waals surface area contributed by atoms with Crippen LogP contribution in [0.25, 0.3) is 0 Å². The second-order valence-electron chi connectivity index (χ2n) is 3.89. The zero-order valence-electron chi connectivity index (χ0n) is 10.7. The van der Waals surface area contributed by atoms with Gasteiger partial charge >= 0.3 is 5.97 Å². The molecule has 0 spiro atoms. The van der Waals surface area contributed by atoms with E-state index >= 15 is 0 Å². The molecule has 20 heavy (non-hydrogen) atoms. The van der Waals surface area contributed by atoms with Gasteiger partial charge in [-0.15, -0.1) is 0 Å². The van der Waals surface area contributed by atoms with Crippen LogP contribution >= 0.6 is 39.1 Å². The molecule has 0 atom stereocenters. The molecule has 0 aliphatic heterocycles. The van der Waals surface area contributed by atoms with Gasteiger partial charge in [-0.25, -0.2) is 14.8 Å². The summed E-state index contributed by atoms with van der Waals surface area (Å²) in [6.45, 7) is 3.60. The van der Waals surface area contributed by atoms with Crippen molar-refractivity contribution in [3.63, 3.8) is 0 Å². The normalized spacial score (nSPS) is 9.65. The summed E-state index contributed by atoms with van der Waals surface area (Å²) < 4.78 is 0.854. The molecule has 0 fully saturated rings. The zero-order valence-corrected chi connectivity index (χ0v) is 13.8. The number of hydrogen-bond donors (Lipinski definition) is 1. The van der Waals surface area contributed by atoms with Crippen molar-refractivity contribution in [2.45, 2.75) is 13.8 Å². The number of carbonyl (C=O) groups is 1. The Labute approximate surface area is 134 Å². The monoisotopic (exact) mass is 376 g/mol. The fraction of sp³-hybridized carbons (Fsp3) is 0.154. The second-order valence-corrected chi connectivity index (χ2v) is 5.51. The summed E-state index contributed by atoms with van der Waals surface area (Å²) in [5.74, 6) is -1.03. The minimum atomic E-state index is -1.03. The van der Waals surface area contributed by atoms with E-state index in [9.17, 15) is 4.79 Å². The molecule has 0 bridgehead atoms. The maximum absolute atomic E-state index is 10.4. The Balaban J connectivity index is 0.000000204. The van der Waals surface area contributed by atoms with Gasteiger partial charge < -0.3 is 5.11 Å². The Morgan fingerprint density at radius 2 is 1.60 bits per heavy atom. The van der Waals surface area contributed by atoms with Crippen LogP contribution in [-0.2, 0) is 0 Å². The number of aromatic carboxylic acids is 1. The van der Waals surface area contributed by atoms with Crippen LogP contribution in [-0.4, -0.2) is 21.0 Å². The first kappa shape index (κ1) is 16.9. The van der Waals surface area contributed by atoms with Crippen molar-refractivity contribution in [2.75, 3.05) is 0 Å². The Hall–Kier alpha value is -1.17. The smallest absolute Gasteiger partial charge is 0.354 e.